The van der Waals surface area contributed by atoms with Crippen LogP contribution >= 0.6 is 0 Å². The van der Waals surface area contributed by atoms with Gasteiger partial charge in [-0.05, 0) is 36.6 Å². The van der Waals surface area contributed by atoms with Crippen molar-refractivity contribution in [1.82, 2.24) is 14.8 Å². The molecule has 7 heteroatoms. The maximum atomic E-state index is 13.2. The molecular weight excluding hydrogens is 392 g/mol. The van der Waals surface area contributed by atoms with Crippen molar-refractivity contribution in [2.24, 2.45) is 5.92 Å². The molecule has 0 aliphatic carbocycles. The fraction of sp³-hybridized carbons (Fsp3) is 0.417. The number of rotatable bonds is 6. The second-order valence-electron chi connectivity index (χ2n) is 8.08. The lowest BCUT2D eigenvalue weighted by Crippen LogP contribution is -2.50. The molecule has 0 radical (unpaired) electrons. The van der Waals surface area contributed by atoms with Crippen molar-refractivity contribution in [1.29, 1.82) is 0 Å². The molecule has 0 bridgehead atoms. The maximum absolute atomic E-state index is 13.2. The Morgan fingerprint density at radius 1 is 1.00 bits per heavy atom. The van der Waals surface area contributed by atoms with Crippen molar-refractivity contribution in [3.63, 3.8) is 0 Å². The molecule has 2 aliphatic rings. The second kappa shape index (κ2) is 8.88. The highest BCUT2D eigenvalue weighted by Gasteiger charge is 2.39. The third kappa shape index (κ3) is 3.92. The predicted molar refractivity (Wildman–Crippen MR) is 118 cm³/mol. The highest BCUT2D eigenvalue weighted by atomic mass is 16.2. The molecule has 162 valence electrons. The smallest absolute Gasteiger partial charge is 0.263 e. The van der Waals surface area contributed by atoms with Gasteiger partial charge in [0.2, 0.25) is 5.91 Å². The average Bonchev–Trinajstić information content (AvgIpc) is 3.05. The van der Waals surface area contributed by atoms with E-state index < -0.39 is 0 Å². The molecule has 0 atom stereocenters. The molecule has 4 rings (SSSR count). The first-order valence-corrected chi connectivity index (χ1v) is 11.0. The minimum absolute atomic E-state index is 0.0766. The normalized spacial score (nSPS) is 16.3. The number of amides is 3. The SMILES string of the molecule is CCC(CC)C(=O)N1CCN(c2cccc3c2C(=O)N(Cc2cccnc2)C3=O)CC1. The van der Waals surface area contributed by atoms with Gasteiger partial charge < -0.3 is 9.80 Å². The average molecular weight is 421 g/mol. The van der Waals surface area contributed by atoms with Gasteiger partial charge in [-0.3, -0.25) is 24.3 Å². The fourth-order valence-electron chi connectivity index (χ4n) is 4.46. The minimum Gasteiger partial charge on any atom is -0.367 e. The molecule has 7 nitrogen and oxygen atoms in total. The summed E-state index contributed by atoms with van der Waals surface area (Å²) in [5.74, 6) is -0.243. The molecule has 0 N–H and O–H groups in total. The number of benzene rings is 1. The standard InChI is InChI=1S/C24H28N4O3/c1-3-18(4-2)22(29)27-13-11-26(12-14-27)20-9-5-8-19-21(20)24(31)28(23(19)30)16-17-7-6-10-25-15-17/h5-10,15,18H,3-4,11-14,16H2,1-2H3. The molecule has 2 aliphatic heterocycles. The monoisotopic (exact) mass is 420 g/mol. The number of piperazine rings is 1. The number of anilines is 1. The zero-order valence-electron chi connectivity index (χ0n) is 18.1. The van der Waals surface area contributed by atoms with Crippen LogP contribution in [0.3, 0.4) is 0 Å². The van der Waals surface area contributed by atoms with E-state index in [1.54, 1.807) is 24.5 Å². The van der Waals surface area contributed by atoms with E-state index in [9.17, 15) is 14.4 Å². The Hall–Kier alpha value is -3.22. The topological polar surface area (TPSA) is 73.8 Å². The van der Waals surface area contributed by atoms with Crippen molar-refractivity contribution in [3.8, 4) is 0 Å². The van der Waals surface area contributed by atoms with Gasteiger partial charge in [0, 0.05) is 44.5 Å². The van der Waals surface area contributed by atoms with E-state index in [0.29, 0.717) is 37.3 Å². The molecule has 3 heterocycles. The van der Waals surface area contributed by atoms with Crippen molar-refractivity contribution in [2.45, 2.75) is 33.2 Å². The zero-order chi connectivity index (χ0) is 22.0. The lowest BCUT2D eigenvalue weighted by atomic mass is 10.0. The summed E-state index contributed by atoms with van der Waals surface area (Å²) in [6.45, 7) is 6.85. The number of aromatic nitrogens is 1. The number of hydrogen-bond acceptors (Lipinski definition) is 5. The van der Waals surface area contributed by atoms with Gasteiger partial charge in [0.1, 0.15) is 0 Å². The Kier molecular flexibility index (Phi) is 6.02. The number of carbonyl (C=O) groups excluding carboxylic acids is 3. The van der Waals surface area contributed by atoms with E-state index in [1.165, 1.54) is 4.90 Å². The second-order valence-corrected chi connectivity index (χ2v) is 8.08. The summed E-state index contributed by atoms with van der Waals surface area (Å²) in [6.07, 6.45) is 5.04. The van der Waals surface area contributed by atoms with Crippen LogP contribution in [0.2, 0.25) is 0 Å². The predicted octanol–water partition coefficient (Wildman–Crippen LogP) is 2.96. The Labute approximate surface area is 182 Å². The van der Waals surface area contributed by atoms with Crippen LogP contribution in [0.4, 0.5) is 5.69 Å². The number of fused-ring (bicyclic) bond motifs is 1. The van der Waals surface area contributed by atoms with E-state index in [4.69, 9.17) is 0 Å². The quantitative estimate of drug-likeness (QED) is 0.672. The van der Waals surface area contributed by atoms with Gasteiger partial charge in [0.05, 0.1) is 23.4 Å². The van der Waals surface area contributed by atoms with E-state index in [2.05, 4.69) is 23.7 Å². The Balaban J connectivity index is 1.52. The van der Waals surface area contributed by atoms with Crippen LogP contribution in [-0.4, -0.2) is 58.7 Å². The van der Waals surface area contributed by atoms with Gasteiger partial charge in [0.15, 0.2) is 0 Å². The van der Waals surface area contributed by atoms with Gasteiger partial charge in [-0.2, -0.15) is 0 Å². The molecule has 0 unspecified atom stereocenters. The van der Waals surface area contributed by atoms with E-state index >= 15 is 0 Å². The Morgan fingerprint density at radius 2 is 1.74 bits per heavy atom. The van der Waals surface area contributed by atoms with Gasteiger partial charge in [-0.25, -0.2) is 0 Å². The van der Waals surface area contributed by atoms with E-state index in [1.807, 2.05) is 23.1 Å². The summed E-state index contributed by atoms with van der Waals surface area (Å²) >= 11 is 0. The van der Waals surface area contributed by atoms with Crippen LogP contribution in [0.25, 0.3) is 0 Å². The van der Waals surface area contributed by atoms with Gasteiger partial charge >= 0.3 is 0 Å². The maximum Gasteiger partial charge on any atom is 0.263 e. The van der Waals surface area contributed by atoms with Crippen molar-refractivity contribution < 1.29 is 14.4 Å². The van der Waals surface area contributed by atoms with Crippen LogP contribution in [-0.2, 0) is 11.3 Å². The van der Waals surface area contributed by atoms with Crippen LogP contribution < -0.4 is 4.90 Å². The fourth-order valence-corrected chi connectivity index (χ4v) is 4.46. The minimum atomic E-state index is -0.270. The number of hydrogen-bond donors (Lipinski definition) is 0. The molecule has 0 saturated carbocycles. The van der Waals surface area contributed by atoms with Crippen molar-refractivity contribution in [3.05, 3.63) is 59.4 Å². The highest BCUT2D eigenvalue weighted by Crippen LogP contribution is 2.33. The number of carbonyl (C=O) groups is 3. The Morgan fingerprint density at radius 3 is 2.39 bits per heavy atom. The van der Waals surface area contributed by atoms with Crippen LogP contribution in [0.1, 0.15) is 53.0 Å². The first-order chi connectivity index (χ1) is 15.0. The molecular formula is C24H28N4O3. The molecule has 1 fully saturated rings. The highest BCUT2D eigenvalue weighted by molar-refractivity contribution is 6.23. The van der Waals surface area contributed by atoms with Crippen LogP contribution in [0.5, 0.6) is 0 Å². The molecule has 1 aromatic carbocycles. The van der Waals surface area contributed by atoms with Crippen LogP contribution in [0.15, 0.2) is 42.7 Å². The van der Waals surface area contributed by atoms with E-state index in [-0.39, 0.29) is 30.2 Å². The van der Waals surface area contributed by atoms with Gasteiger partial charge in [0.25, 0.3) is 11.8 Å². The molecule has 1 aromatic heterocycles. The lowest BCUT2D eigenvalue weighted by molar-refractivity contribution is -0.136. The first kappa shape index (κ1) is 21.0. The number of imide groups is 1. The molecule has 31 heavy (non-hydrogen) atoms. The number of nitrogens with zero attached hydrogens (tertiary/aromatic N) is 4. The lowest BCUT2D eigenvalue weighted by Gasteiger charge is -2.38. The summed E-state index contributed by atoms with van der Waals surface area (Å²) in [6, 6.07) is 9.09. The zero-order valence-corrected chi connectivity index (χ0v) is 18.1. The summed E-state index contributed by atoms with van der Waals surface area (Å²) < 4.78 is 0. The van der Waals surface area contributed by atoms with Gasteiger partial charge in [-0.1, -0.05) is 26.0 Å². The third-order valence-corrected chi connectivity index (χ3v) is 6.31. The summed E-state index contributed by atoms with van der Waals surface area (Å²) in [5.41, 5.74) is 2.50. The molecule has 0 spiro atoms. The Bertz CT molecular complexity index is 980. The summed E-state index contributed by atoms with van der Waals surface area (Å²) in [4.78, 5) is 48.3. The van der Waals surface area contributed by atoms with Crippen molar-refractivity contribution in [2.75, 3.05) is 31.1 Å². The molecule has 2 aromatic rings. The van der Waals surface area contributed by atoms with Gasteiger partial charge in [-0.15, -0.1) is 0 Å². The molecule has 3 amide bonds. The van der Waals surface area contributed by atoms with E-state index in [0.717, 1.165) is 24.1 Å². The largest absolute Gasteiger partial charge is 0.367 e. The van der Waals surface area contributed by atoms with Crippen molar-refractivity contribution >= 4 is 23.4 Å². The molecule has 1 saturated heterocycles. The first-order valence-electron chi connectivity index (χ1n) is 11.0. The summed E-state index contributed by atoms with van der Waals surface area (Å²) in [5, 5.41) is 0. The summed E-state index contributed by atoms with van der Waals surface area (Å²) in [7, 11) is 0. The van der Waals surface area contributed by atoms with Crippen LogP contribution in [0, 0.1) is 5.92 Å². The third-order valence-electron chi connectivity index (χ3n) is 6.31. The number of pyridine rings is 1.